The Hall–Kier alpha value is -3.61. The molecular formula is C22H19ClN4O6S2. The van der Waals surface area contributed by atoms with Crippen LogP contribution >= 0.6 is 32.3 Å². The summed E-state index contributed by atoms with van der Waals surface area (Å²) in [4.78, 5) is 42.2. The van der Waals surface area contributed by atoms with Crippen molar-refractivity contribution in [3.8, 4) is 27.8 Å². The Morgan fingerprint density at radius 2 is 2.00 bits per heavy atom. The summed E-state index contributed by atoms with van der Waals surface area (Å²) in [5.41, 5.74) is 1.15. The van der Waals surface area contributed by atoms with E-state index in [0.29, 0.717) is 27.8 Å². The fourth-order valence-corrected chi connectivity index (χ4v) is 5.54. The van der Waals surface area contributed by atoms with Gasteiger partial charge in [0.05, 0.1) is 42.6 Å². The fraction of sp³-hybridized carbons (Fsp3) is 0.182. The predicted octanol–water partition coefficient (Wildman–Crippen LogP) is 4.11. The summed E-state index contributed by atoms with van der Waals surface area (Å²) in [7, 11) is 5.85. The van der Waals surface area contributed by atoms with Gasteiger partial charge in [0, 0.05) is 17.6 Å². The van der Waals surface area contributed by atoms with Crippen LogP contribution in [-0.2, 0) is 4.74 Å². The Balaban J connectivity index is 1.44. The molecule has 2 amide bonds. The number of methoxy groups -OCH3 is 2. The first kappa shape index (κ1) is 24.5. The highest BCUT2D eigenvalue weighted by molar-refractivity contribution is 7.70. The molecule has 0 fully saturated rings. The van der Waals surface area contributed by atoms with Crippen molar-refractivity contribution in [2.24, 2.45) is 0 Å². The number of hydrogen-bond acceptors (Lipinski definition) is 9. The number of carbonyl (C=O) groups excluding carboxylic acids is 2. The van der Waals surface area contributed by atoms with Crippen molar-refractivity contribution >= 4 is 50.0 Å². The number of hydrogen-bond donors (Lipinski definition) is 2. The summed E-state index contributed by atoms with van der Waals surface area (Å²) in [5, 5.41) is 7.29. The molecule has 0 saturated heterocycles. The zero-order valence-electron chi connectivity index (χ0n) is 18.5. The molecule has 0 radical (unpaired) electrons. The van der Waals surface area contributed by atoms with Crippen LogP contribution in [0.1, 0.15) is 10.4 Å². The van der Waals surface area contributed by atoms with Gasteiger partial charge >= 0.3 is 12.0 Å². The quantitative estimate of drug-likeness (QED) is 0.151. The summed E-state index contributed by atoms with van der Waals surface area (Å²) in [6.07, 6.45) is 1.30. The van der Waals surface area contributed by atoms with E-state index in [4.69, 9.17) is 25.8 Å². The van der Waals surface area contributed by atoms with Crippen molar-refractivity contribution < 1.29 is 23.8 Å². The Morgan fingerprint density at radius 1 is 1.17 bits per heavy atom. The molecule has 0 saturated carbocycles. The molecule has 0 aliphatic carbocycles. The van der Waals surface area contributed by atoms with Crippen molar-refractivity contribution in [1.82, 2.24) is 14.9 Å². The van der Waals surface area contributed by atoms with Gasteiger partial charge in [0.1, 0.15) is 28.9 Å². The molecule has 0 spiro atoms. The highest BCUT2D eigenvalue weighted by Crippen LogP contribution is 2.40. The van der Waals surface area contributed by atoms with Crippen LogP contribution in [0, 0.1) is 0 Å². The molecule has 10 nitrogen and oxygen atoms in total. The van der Waals surface area contributed by atoms with E-state index in [0.717, 1.165) is 0 Å². The highest BCUT2D eigenvalue weighted by atomic mass is 35.5. The van der Waals surface area contributed by atoms with Crippen molar-refractivity contribution in [1.29, 1.82) is 0 Å². The number of nitrogens with one attached hydrogen (secondary N) is 2. The second-order valence-electron chi connectivity index (χ2n) is 6.95. The second kappa shape index (κ2) is 10.8. The molecule has 13 heteroatoms. The van der Waals surface area contributed by atoms with Gasteiger partial charge in [-0.1, -0.05) is 32.3 Å². The third-order valence-electron chi connectivity index (χ3n) is 4.86. The molecule has 0 unspecified atom stereocenters. The summed E-state index contributed by atoms with van der Waals surface area (Å²) in [6.45, 7) is -0.0321. The Morgan fingerprint density at radius 3 is 2.71 bits per heavy atom. The number of urea groups is 1. The number of ether oxygens (including phenoxy) is 3. The van der Waals surface area contributed by atoms with Crippen molar-refractivity contribution in [3.63, 3.8) is 0 Å². The van der Waals surface area contributed by atoms with Crippen molar-refractivity contribution in [2.45, 2.75) is 0 Å². The Kier molecular flexibility index (Phi) is 7.54. The second-order valence-corrected chi connectivity index (χ2v) is 9.42. The topological polar surface area (TPSA) is 121 Å². The molecule has 2 aromatic rings. The lowest BCUT2D eigenvalue weighted by Gasteiger charge is -2.11. The molecule has 3 heterocycles. The molecule has 35 heavy (non-hydrogen) atoms. The monoisotopic (exact) mass is 534 g/mol. The molecule has 2 N–H and O–H groups in total. The summed E-state index contributed by atoms with van der Waals surface area (Å²) < 4.78 is 17.3. The van der Waals surface area contributed by atoms with Crippen LogP contribution in [0.2, 0.25) is 5.15 Å². The lowest BCUT2D eigenvalue weighted by Crippen LogP contribution is -2.33. The maximum absolute atomic E-state index is 13.3. The van der Waals surface area contributed by atoms with E-state index in [9.17, 15) is 14.4 Å². The number of halogens is 1. The smallest absolute Gasteiger partial charge is 0.339 e. The molecule has 2 aliphatic rings. The average molecular weight is 535 g/mol. The minimum absolute atomic E-state index is 0.0377. The van der Waals surface area contributed by atoms with E-state index in [1.54, 1.807) is 25.3 Å². The zero-order valence-corrected chi connectivity index (χ0v) is 20.9. The van der Waals surface area contributed by atoms with Crippen molar-refractivity contribution in [2.75, 3.05) is 32.7 Å². The lowest BCUT2D eigenvalue weighted by atomic mass is 10.2. The highest BCUT2D eigenvalue weighted by Gasteiger charge is 2.26. The first-order valence-corrected chi connectivity index (χ1v) is 12.7. The third-order valence-corrected chi connectivity index (χ3v) is 7.16. The normalized spacial score (nSPS) is 10.7. The minimum Gasteiger partial charge on any atom is -0.497 e. The van der Waals surface area contributed by atoms with Crippen LogP contribution in [0.3, 0.4) is 0 Å². The summed E-state index contributed by atoms with van der Waals surface area (Å²) >= 11 is 5.70. The largest absolute Gasteiger partial charge is 0.497 e. The van der Waals surface area contributed by atoms with Gasteiger partial charge in [-0.15, -0.1) is 0 Å². The van der Waals surface area contributed by atoms with E-state index in [2.05, 4.69) is 15.6 Å². The number of benzene rings is 1. The molecule has 0 bridgehead atoms. The number of rotatable bonds is 8. The molecular weight excluding hydrogens is 516 g/mol. The maximum Gasteiger partial charge on any atom is 0.339 e. The number of amides is 2. The van der Waals surface area contributed by atoms with Gasteiger partial charge in [-0.2, -0.15) is 0 Å². The zero-order chi connectivity index (χ0) is 24.9. The van der Waals surface area contributed by atoms with Gasteiger partial charge in [0.15, 0.2) is 0 Å². The van der Waals surface area contributed by atoms with Gasteiger partial charge in [-0.25, -0.2) is 14.6 Å². The number of fused-ring (bicyclic) bond motifs is 1. The Labute approximate surface area is 211 Å². The van der Waals surface area contributed by atoms with Crippen LogP contribution in [0.25, 0.3) is 16.3 Å². The van der Waals surface area contributed by atoms with E-state index < -0.39 is 17.6 Å². The SMILES string of the molecule is COc1ccc(-n2c3cssc-3c(NC(=O)NCCOC(=O)c3ccc(Cl)nc3)c2=O)c(OC)c1. The standard InChI is InChI=1S/C22H19ClN4O6S2/c1-31-13-4-5-14(16(9-13)32-2)27-15-11-34-35-19(15)18(20(27)28)26-22(30)24-7-8-33-21(29)12-3-6-17(23)25-10-12/h3-6,9-11H,7-8H2,1-2H3,(H2,24,26,30). The van der Waals surface area contributed by atoms with Crippen LogP contribution in [-0.4, -0.2) is 48.9 Å². The van der Waals surface area contributed by atoms with Gasteiger partial charge in [-0.3, -0.25) is 9.36 Å². The van der Waals surface area contributed by atoms with Gasteiger partial charge in [0.2, 0.25) is 0 Å². The minimum atomic E-state index is -0.606. The van der Waals surface area contributed by atoms with Crippen molar-refractivity contribution in [3.05, 3.63) is 63.0 Å². The van der Waals surface area contributed by atoms with Crippen LogP contribution in [0.5, 0.6) is 11.5 Å². The predicted molar refractivity (Wildman–Crippen MR) is 134 cm³/mol. The first-order valence-electron chi connectivity index (χ1n) is 10.1. The van der Waals surface area contributed by atoms with E-state index in [1.165, 1.54) is 50.7 Å². The molecule has 4 rings (SSSR count). The molecule has 2 aliphatic heterocycles. The number of anilines is 1. The van der Waals surface area contributed by atoms with Gasteiger partial charge in [-0.05, 0) is 24.3 Å². The van der Waals surface area contributed by atoms with E-state index in [-0.39, 0.29) is 29.6 Å². The summed E-state index contributed by atoms with van der Waals surface area (Å²) in [5.74, 6) is 0.439. The van der Waals surface area contributed by atoms with E-state index in [1.807, 2.05) is 5.38 Å². The summed E-state index contributed by atoms with van der Waals surface area (Å²) in [6, 6.07) is 7.48. The number of carbonyl (C=O) groups is 2. The maximum atomic E-state index is 13.3. The van der Waals surface area contributed by atoms with Gasteiger partial charge in [0.25, 0.3) is 5.56 Å². The van der Waals surface area contributed by atoms with Crippen LogP contribution < -0.4 is 25.7 Å². The third kappa shape index (κ3) is 5.24. The number of aromatic nitrogens is 2. The van der Waals surface area contributed by atoms with Gasteiger partial charge < -0.3 is 24.8 Å². The van der Waals surface area contributed by atoms with E-state index >= 15 is 0 Å². The molecule has 1 aromatic carbocycles. The lowest BCUT2D eigenvalue weighted by molar-refractivity contribution is 0.0510. The molecule has 1 aromatic heterocycles. The first-order chi connectivity index (χ1) is 16.9. The van der Waals surface area contributed by atoms with Crippen LogP contribution in [0.4, 0.5) is 10.5 Å². The average Bonchev–Trinajstić information content (AvgIpc) is 3.43. The number of nitrogens with zero attached hydrogens (tertiary/aromatic N) is 2. The number of esters is 1. The number of pyridine rings is 1. The fourth-order valence-electron chi connectivity index (χ4n) is 3.22. The Bertz CT molecular complexity index is 1380. The molecule has 0 atom stereocenters. The molecule has 182 valence electrons. The van der Waals surface area contributed by atoms with Crippen LogP contribution in [0.15, 0.2) is 46.7 Å².